The molecule has 0 atom stereocenters. The smallest absolute Gasteiger partial charge is 0.258 e. The fourth-order valence-electron chi connectivity index (χ4n) is 3.33. The summed E-state index contributed by atoms with van der Waals surface area (Å²) in [6.45, 7) is 2.18. The first kappa shape index (κ1) is 20.3. The van der Waals surface area contributed by atoms with Crippen LogP contribution in [-0.2, 0) is 24.3 Å². The minimum absolute atomic E-state index is 0.0974. The van der Waals surface area contributed by atoms with Crippen molar-refractivity contribution in [3.8, 4) is 17.2 Å². The third kappa shape index (κ3) is 4.32. The van der Waals surface area contributed by atoms with Gasteiger partial charge in [-0.3, -0.25) is 14.2 Å². The molecule has 0 spiro atoms. The van der Waals surface area contributed by atoms with Crippen LogP contribution < -0.4 is 15.6 Å². The minimum Gasteiger partial charge on any atom is -0.497 e. The lowest BCUT2D eigenvalue weighted by Gasteiger charge is -2.12. The number of carbonyl (C=O) groups excluding carboxylic acids is 1. The van der Waals surface area contributed by atoms with Crippen molar-refractivity contribution in [3.05, 3.63) is 76.3 Å². The fraction of sp³-hybridized carbons (Fsp3) is 0.217. The number of hydrogen-bond donors (Lipinski definition) is 1. The number of methoxy groups -OCH3 is 1. The Morgan fingerprint density at radius 1 is 1.16 bits per heavy atom. The third-order valence-electron chi connectivity index (χ3n) is 4.98. The summed E-state index contributed by atoms with van der Waals surface area (Å²) < 4.78 is 11.9. The van der Waals surface area contributed by atoms with Crippen molar-refractivity contribution >= 4 is 16.8 Å². The molecule has 2 aromatic carbocycles. The van der Waals surface area contributed by atoms with Crippen molar-refractivity contribution in [2.24, 2.45) is 0 Å². The number of hydrogen-bond acceptors (Lipinski definition) is 6. The molecule has 1 N–H and O–H groups in total. The van der Waals surface area contributed by atoms with Gasteiger partial charge >= 0.3 is 0 Å². The van der Waals surface area contributed by atoms with E-state index in [-0.39, 0.29) is 18.0 Å². The third-order valence-corrected chi connectivity index (χ3v) is 4.98. The van der Waals surface area contributed by atoms with Crippen molar-refractivity contribution < 1.29 is 14.1 Å². The van der Waals surface area contributed by atoms with Crippen LogP contribution in [-0.4, -0.2) is 27.7 Å². The van der Waals surface area contributed by atoms with Gasteiger partial charge in [-0.05, 0) is 23.8 Å². The zero-order chi connectivity index (χ0) is 21.8. The van der Waals surface area contributed by atoms with Crippen LogP contribution in [0.3, 0.4) is 0 Å². The lowest BCUT2D eigenvalue weighted by atomic mass is 10.1. The highest BCUT2D eigenvalue weighted by Crippen LogP contribution is 2.26. The van der Waals surface area contributed by atoms with Gasteiger partial charge in [0, 0.05) is 24.4 Å². The zero-order valence-corrected chi connectivity index (χ0v) is 17.3. The number of amides is 1. The summed E-state index contributed by atoms with van der Waals surface area (Å²) in [7, 11) is 1.60. The van der Waals surface area contributed by atoms with E-state index in [1.807, 2.05) is 49.4 Å². The minimum atomic E-state index is -0.315. The van der Waals surface area contributed by atoms with Gasteiger partial charge in [0.2, 0.25) is 5.91 Å². The maximum atomic E-state index is 12.9. The summed E-state index contributed by atoms with van der Waals surface area (Å²) in [6, 6.07) is 16.2. The predicted octanol–water partition coefficient (Wildman–Crippen LogP) is 2.94. The second-order valence-corrected chi connectivity index (χ2v) is 6.99. The van der Waals surface area contributed by atoms with Crippen LogP contribution in [0.25, 0.3) is 22.4 Å². The van der Waals surface area contributed by atoms with Gasteiger partial charge in [0.1, 0.15) is 12.3 Å². The van der Waals surface area contributed by atoms with E-state index >= 15 is 0 Å². The van der Waals surface area contributed by atoms with Gasteiger partial charge in [-0.15, -0.1) is 0 Å². The molecule has 4 rings (SSSR count). The first-order valence-corrected chi connectivity index (χ1v) is 9.94. The number of pyridine rings is 1. The van der Waals surface area contributed by atoms with E-state index in [1.165, 1.54) is 10.6 Å². The van der Waals surface area contributed by atoms with E-state index in [0.29, 0.717) is 35.8 Å². The number of ether oxygens (including phenoxy) is 1. The number of nitrogens with zero attached hydrogens (tertiary/aromatic N) is 3. The van der Waals surface area contributed by atoms with Crippen LogP contribution >= 0.6 is 0 Å². The standard InChI is InChI=1S/C23H22N4O4/c1-3-20-25-23(31-26-20)18-12-22(29)27(19-7-5-4-6-17(18)19)14-21(28)24-13-15-8-10-16(30-2)11-9-15/h4-12H,3,13-14H2,1-2H3,(H,24,28). The SMILES string of the molecule is CCc1noc(-c2cc(=O)n(CC(=O)NCc3ccc(OC)cc3)c3ccccc23)n1. The van der Waals surface area contributed by atoms with Crippen molar-refractivity contribution in [1.29, 1.82) is 0 Å². The Morgan fingerprint density at radius 3 is 2.65 bits per heavy atom. The Balaban J connectivity index is 1.59. The largest absolute Gasteiger partial charge is 0.497 e. The van der Waals surface area contributed by atoms with Crippen LogP contribution in [0.15, 0.2) is 63.9 Å². The molecule has 2 aromatic heterocycles. The molecule has 8 heteroatoms. The molecular formula is C23H22N4O4. The van der Waals surface area contributed by atoms with Crippen LogP contribution in [0.5, 0.6) is 5.75 Å². The Morgan fingerprint density at radius 2 is 1.94 bits per heavy atom. The summed E-state index contributed by atoms with van der Waals surface area (Å²) >= 11 is 0. The Kier molecular flexibility index (Phi) is 5.79. The number of aromatic nitrogens is 3. The Labute approximate surface area is 178 Å². The van der Waals surface area contributed by atoms with Crippen LogP contribution in [0, 0.1) is 0 Å². The first-order chi connectivity index (χ1) is 15.1. The van der Waals surface area contributed by atoms with E-state index in [9.17, 15) is 9.59 Å². The van der Waals surface area contributed by atoms with E-state index in [2.05, 4.69) is 15.5 Å². The first-order valence-electron chi connectivity index (χ1n) is 9.94. The van der Waals surface area contributed by atoms with E-state index < -0.39 is 0 Å². The highest BCUT2D eigenvalue weighted by molar-refractivity contribution is 5.93. The van der Waals surface area contributed by atoms with E-state index in [1.54, 1.807) is 13.2 Å². The number of para-hydroxylation sites is 1. The van der Waals surface area contributed by atoms with Crippen LogP contribution in [0.4, 0.5) is 0 Å². The van der Waals surface area contributed by atoms with Crippen molar-refractivity contribution in [1.82, 2.24) is 20.0 Å². The normalized spacial score (nSPS) is 10.9. The van der Waals surface area contributed by atoms with Crippen LogP contribution in [0.2, 0.25) is 0 Å². The van der Waals surface area contributed by atoms with E-state index in [4.69, 9.17) is 9.26 Å². The quantitative estimate of drug-likeness (QED) is 0.495. The molecule has 0 aliphatic carbocycles. The molecule has 0 fully saturated rings. The number of carbonyl (C=O) groups is 1. The molecule has 1 amide bonds. The summed E-state index contributed by atoms with van der Waals surface area (Å²) in [6.07, 6.45) is 0.632. The van der Waals surface area contributed by atoms with Gasteiger partial charge in [-0.2, -0.15) is 4.98 Å². The molecule has 0 saturated heterocycles. The fourth-order valence-corrected chi connectivity index (χ4v) is 3.33. The maximum Gasteiger partial charge on any atom is 0.258 e. The summed E-state index contributed by atoms with van der Waals surface area (Å²) in [5.74, 6) is 1.35. The number of rotatable bonds is 7. The number of aryl methyl sites for hydroxylation is 1. The van der Waals surface area contributed by atoms with E-state index in [0.717, 1.165) is 16.7 Å². The van der Waals surface area contributed by atoms with Gasteiger partial charge in [0.15, 0.2) is 5.82 Å². The molecule has 0 aliphatic rings. The lowest BCUT2D eigenvalue weighted by molar-refractivity contribution is -0.121. The van der Waals surface area contributed by atoms with Crippen LogP contribution in [0.1, 0.15) is 18.3 Å². The summed E-state index contributed by atoms with van der Waals surface area (Å²) in [4.78, 5) is 29.8. The second-order valence-electron chi connectivity index (χ2n) is 6.99. The Hall–Kier alpha value is -3.94. The molecule has 31 heavy (non-hydrogen) atoms. The van der Waals surface area contributed by atoms with Gasteiger partial charge in [-0.25, -0.2) is 0 Å². The number of nitrogens with one attached hydrogen (secondary N) is 1. The van der Waals surface area contributed by atoms with Crippen molar-refractivity contribution in [2.45, 2.75) is 26.4 Å². The molecule has 0 radical (unpaired) electrons. The molecule has 4 aromatic rings. The van der Waals surface area contributed by atoms with Crippen molar-refractivity contribution in [3.63, 3.8) is 0 Å². The van der Waals surface area contributed by atoms with Gasteiger partial charge in [0.05, 0.1) is 18.2 Å². The summed E-state index contributed by atoms with van der Waals surface area (Å²) in [5.41, 5.74) is 1.80. The lowest BCUT2D eigenvalue weighted by Crippen LogP contribution is -2.32. The monoisotopic (exact) mass is 418 g/mol. The zero-order valence-electron chi connectivity index (χ0n) is 17.3. The summed E-state index contributed by atoms with van der Waals surface area (Å²) in [5, 5.41) is 7.53. The highest BCUT2D eigenvalue weighted by Gasteiger charge is 2.16. The molecule has 8 nitrogen and oxygen atoms in total. The molecule has 0 aliphatic heterocycles. The maximum absolute atomic E-state index is 12.9. The van der Waals surface area contributed by atoms with Gasteiger partial charge in [0.25, 0.3) is 11.4 Å². The van der Waals surface area contributed by atoms with Gasteiger partial charge < -0.3 is 14.6 Å². The highest BCUT2D eigenvalue weighted by atomic mass is 16.5. The van der Waals surface area contributed by atoms with Gasteiger partial charge in [-0.1, -0.05) is 42.4 Å². The second kappa shape index (κ2) is 8.83. The number of fused-ring (bicyclic) bond motifs is 1. The Bertz CT molecular complexity index is 1270. The molecule has 158 valence electrons. The molecule has 0 bridgehead atoms. The molecular weight excluding hydrogens is 396 g/mol. The average Bonchev–Trinajstić information content (AvgIpc) is 3.29. The molecule has 0 unspecified atom stereocenters. The average molecular weight is 418 g/mol. The topological polar surface area (TPSA) is 99.2 Å². The number of benzene rings is 2. The molecule has 0 saturated carbocycles. The molecule has 2 heterocycles. The predicted molar refractivity (Wildman–Crippen MR) is 116 cm³/mol. The van der Waals surface area contributed by atoms with Crippen molar-refractivity contribution in [2.75, 3.05) is 7.11 Å².